The van der Waals surface area contributed by atoms with Gasteiger partial charge in [0.2, 0.25) is 11.7 Å². The van der Waals surface area contributed by atoms with E-state index in [2.05, 4.69) is 4.98 Å². The van der Waals surface area contributed by atoms with Gasteiger partial charge in [0, 0.05) is 32.4 Å². The Balaban J connectivity index is 3.40. The number of ketones is 1. The number of rotatable bonds is 5. The van der Waals surface area contributed by atoms with Crippen LogP contribution in [0.3, 0.4) is 0 Å². The Morgan fingerprint density at radius 1 is 1.55 bits per heavy atom. The van der Waals surface area contributed by atoms with Crippen molar-refractivity contribution < 1.29 is 14.5 Å². The Bertz CT molecular complexity index is 616. The highest BCUT2D eigenvalue weighted by molar-refractivity contribution is 6.12. The summed E-state index contributed by atoms with van der Waals surface area (Å²) in [6.45, 7) is 0. The summed E-state index contributed by atoms with van der Waals surface area (Å²) < 4.78 is 4.84. The average molecular weight is 276 g/mol. The zero-order valence-corrected chi connectivity index (χ0v) is 11.2. The number of nitro groups is 1. The van der Waals surface area contributed by atoms with Crippen molar-refractivity contribution in [1.82, 2.24) is 9.88 Å². The molecule has 1 aromatic heterocycles. The SMILES string of the molecule is COc1ccc([N+](=O)[O-])c(C(=O)/C(C#N)=C/N(C)C)n1. The van der Waals surface area contributed by atoms with Gasteiger partial charge in [0.25, 0.3) is 5.69 Å². The molecule has 0 aromatic carbocycles. The topological polar surface area (TPSA) is 109 Å². The van der Waals surface area contributed by atoms with Crippen LogP contribution in [0.1, 0.15) is 10.5 Å². The van der Waals surface area contributed by atoms with Crippen molar-refractivity contribution >= 4 is 11.5 Å². The normalized spacial score (nSPS) is 10.6. The van der Waals surface area contributed by atoms with E-state index in [9.17, 15) is 14.9 Å². The predicted octanol–water partition coefficient (Wildman–Crippen LogP) is 1.15. The number of nitrogens with zero attached hydrogens (tertiary/aromatic N) is 4. The lowest BCUT2D eigenvalue weighted by atomic mass is 10.1. The van der Waals surface area contributed by atoms with E-state index in [1.807, 2.05) is 0 Å². The third-order valence-corrected chi connectivity index (χ3v) is 2.22. The van der Waals surface area contributed by atoms with Crippen molar-refractivity contribution in [3.8, 4) is 11.9 Å². The molecule has 0 saturated heterocycles. The Morgan fingerprint density at radius 3 is 2.65 bits per heavy atom. The lowest BCUT2D eigenvalue weighted by molar-refractivity contribution is -0.385. The van der Waals surface area contributed by atoms with E-state index in [0.717, 1.165) is 6.07 Å². The first-order chi connectivity index (χ1) is 9.40. The van der Waals surface area contributed by atoms with Gasteiger partial charge in [0.1, 0.15) is 11.6 Å². The van der Waals surface area contributed by atoms with E-state index in [-0.39, 0.29) is 11.5 Å². The lowest BCUT2D eigenvalue weighted by Gasteiger charge is -2.06. The molecule has 8 heteroatoms. The van der Waals surface area contributed by atoms with Crippen LogP contribution in [0.5, 0.6) is 5.88 Å². The summed E-state index contributed by atoms with van der Waals surface area (Å²) in [5.74, 6) is -0.770. The number of ether oxygens (including phenoxy) is 1. The van der Waals surface area contributed by atoms with E-state index in [1.165, 1.54) is 24.3 Å². The number of hydrogen-bond acceptors (Lipinski definition) is 7. The molecule has 0 spiro atoms. The number of carbonyl (C=O) groups is 1. The van der Waals surface area contributed by atoms with Gasteiger partial charge in [-0.1, -0.05) is 0 Å². The molecule has 0 bridgehead atoms. The number of aromatic nitrogens is 1. The number of methoxy groups -OCH3 is 1. The lowest BCUT2D eigenvalue weighted by Crippen LogP contribution is -2.12. The molecule has 0 aliphatic rings. The molecule has 104 valence electrons. The number of nitriles is 1. The van der Waals surface area contributed by atoms with Crippen LogP contribution < -0.4 is 4.74 Å². The Kier molecular flexibility index (Phi) is 4.75. The Morgan fingerprint density at radius 2 is 2.20 bits per heavy atom. The number of allylic oxidation sites excluding steroid dienone is 1. The zero-order valence-electron chi connectivity index (χ0n) is 11.2. The molecule has 0 radical (unpaired) electrons. The first-order valence-corrected chi connectivity index (χ1v) is 5.43. The predicted molar refractivity (Wildman–Crippen MR) is 69.2 cm³/mol. The summed E-state index contributed by atoms with van der Waals surface area (Å²) in [6.07, 6.45) is 1.27. The summed E-state index contributed by atoms with van der Waals surface area (Å²) in [5.41, 5.74) is -1.15. The van der Waals surface area contributed by atoms with Gasteiger partial charge in [0.05, 0.1) is 12.0 Å². The minimum atomic E-state index is -0.827. The van der Waals surface area contributed by atoms with E-state index in [4.69, 9.17) is 10.00 Å². The molecule has 0 aliphatic heterocycles. The smallest absolute Gasteiger partial charge is 0.299 e. The fraction of sp³-hybridized carbons (Fsp3) is 0.250. The minimum Gasteiger partial charge on any atom is -0.481 e. The first kappa shape index (κ1) is 15.1. The molecule has 0 aliphatic carbocycles. The van der Waals surface area contributed by atoms with Crippen LogP contribution in [0.25, 0.3) is 0 Å². The van der Waals surface area contributed by atoms with Crippen molar-refractivity contribution in [2.24, 2.45) is 0 Å². The van der Waals surface area contributed by atoms with Crippen LogP contribution in [0, 0.1) is 21.4 Å². The van der Waals surface area contributed by atoms with Gasteiger partial charge < -0.3 is 9.64 Å². The third-order valence-electron chi connectivity index (χ3n) is 2.22. The van der Waals surface area contributed by atoms with Gasteiger partial charge >= 0.3 is 0 Å². The summed E-state index contributed by atoms with van der Waals surface area (Å²) >= 11 is 0. The molecule has 1 aromatic rings. The highest BCUT2D eigenvalue weighted by Gasteiger charge is 2.25. The fourth-order valence-electron chi connectivity index (χ4n) is 1.39. The number of hydrogen-bond donors (Lipinski definition) is 0. The highest BCUT2D eigenvalue weighted by Crippen LogP contribution is 2.22. The molecule has 0 N–H and O–H groups in total. The molecule has 1 rings (SSSR count). The zero-order chi connectivity index (χ0) is 15.3. The van der Waals surface area contributed by atoms with Crippen molar-refractivity contribution in [1.29, 1.82) is 5.26 Å². The first-order valence-electron chi connectivity index (χ1n) is 5.43. The second-order valence-electron chi connectivity index (χ2n) is 3.93. The van der Waals surface area contributed by atoms with Gasteiger partial charge in [-0.15, -0.1) is 0 Å². The van der Waals surface area contributed by atoms with Crippen LogP contribution in [0.2, 0.25) is 0 Å². The van der Waals surface area contributed by atoms with Crippen molar-refractivity contribution in [3.63, 3.8) is 0 Å². The van der Waals surface area contributed by atoms with Gasteiger partial charge in [-0.3, -0.25) is 14.9 Å². The molecule has 20 heavy (non-hydrogen) atoms. The van der Waals surface area contributed by atoms with Crippen LogP contribution in [0.4, 0.5) is 5.69 Å². The van der Waals surface area contributed by atoms with Crippen LogP contribution in [0.15, 0.2) is 23.9 Å². The highest BCUT2D eigenvalue weighted by atomic mass is 16.6. The maximum absolute atomic E-state index is 12.2. The van der Waals surface area contributed by atoms with Gasteiger partial charge in [-0.25, -0.2) is 4.98 Å². The second-order valence-corrected chi connectivity index (χ2v) is 3.93. The molecule has 0 atom stereocenters. The van der Waals surface area contributed by atoms with Crippen LogP contribution >= 0.6 is 0 Å². The maximum Gasteiger partial charge on any atom is 0.299 e. The van der Waals surface area contributed by atoms with E-state index >= 15 is 0 Å². The summed E-state index contributed by atoms with van der Waals surface area (Å²) in [4.78, 5) is 27.6. The number of pyridine rings is 1. The van der Waals surface area contributed by atoms with Crippen LogP contribution in [-0.2, 0) is 0 Å². The standard InChI is InChI=1S/C12H12N4O4/c1-15(2)7-8(6-13)12(17)11-9(16(18)19)4-5-10(14-11)20-3/h4-5,7H,1-3H3/b8-7+. The summed E-state index contributed by atoms with van der Waals surface area (Å²) in [6, 6.07) is 4.09. The third kappa shape index (κ3) is 3.29. The molecule has 0 unspecified atom stereocenters. The number of Topliss-reactive ketones (excluding diaryl/α,β-unsaturated/α-hetero) is 1. The Labute approximate surface area is 115 Å². The number of carbonyl (C=O) groups excluding carboxylic acids is 1. The molecule has 0 amide bonds. The molecule has 8 nitrogen and oxygen atoms in total. The monoisotopic (exact) mass is 276 g/mol. The molecule has 1 heterocycles. The largest absolute Gasteiger partial charge is 0.481 e. The maximum atomic E-state index is 12.2. The summed E-state index contributed by atoms with van der Waals surface area (Å²) in [5, 5.41) is 19.9. The van der Waals surface area contributed by atoms with Crippen molar-refractivity contribution in [2.45, 2.75) is 0 Å². The van der Waals surface area contributed by atoms with E-state index in [1.54, 1.807) is 20.2 Å². The summed E-state index contributed by atoms with van der Waals surface area (Å²) in [7, 11) is 4.57. The minimum absolute atomic E-state index is 0.0566. The Hall–Kier alpha value is -2.95. The fourth-order valence-corrected chi connectivity index (χ4v) is 1.39. The van der Waals surface area contributed by atoms with E-state index < -0.39 is 22.1 Å². The van der Waals surface area contributed by atoms with Gasteiger partial charge in [0.15, 0.2) is 5.69 Å². The molecule has 0 fully saturated rings. The van der Waals surface area contributed by atoms with Crippen molar-refractivity contribution in [2.75, 3.05) is 21.2 Å². The molecular weight excluding hydrogens is 264 g/mol. The van der Waals surface area contributed by atoms with E-state index in [0.29, 0.717) is 0 Å². The molecular formula is C12H12N4O4. The average Bonchev–Trinajstić information content (AvgIpc) is 2.42. The van der Waals surface area contributed by atoms with Gasteiger partial charge in [-0.05, 0) is 0 Å². The molecule has 0 saturated carbocycles. The quantitative estimate of drug-likeness (QED) is 0.261. The van der Waals surface area contributed by atoms with Crippen molar-refractivity contribution in [3.05, 3.63) is 39.7 Å². The van der Waals surface area contributed by atoms with Gasteiger partial charge in [-0.2, -0.15) is 5.26 Å². The second kappa shape index (κ2) is 6.29. The van der Waals surface area contributed by atoms with Crippen LogP contribution in [-0.4, -0.2) is 41.8 Å².